The van der Waals surface area contributed by atoms with Crippen LogP contribution in [0.25, 0.3) is 0 Å². The summed E-state index contributed by atoms with van der Waals surface area (Å²) in [5, 5.41) is 13.2. The maximum atomic E-state index is 11.4. The number of hydrogen-bond acceptors (Lipinski definition) is 5. The van der Waals surface area contributed by atoms with Crippen LogP contribution in [0.15, 0.2) is 12.1 Å². The van der Waals surface area contributed by atoms with Gasteiger partial charge in [-0.05, 0) is 18.1 Å². The van der Waals surface area contributed by atoms with Gasteiger partial charge < -0.3 is 16.4 Å². The van der Waals surface area contributed by atoms with E-state index in [9.17, 15) is 9.59 Å². The van der Waals surface area contributed by atoms with Gasteiger partial charge in [-0.15, -0.1) is 10.2 Å². The average molecular weight is 265 g/mol. The number of rotatable bonds is 7. The van der Waals surface area contributed by atoms with E-state index in [1.807, 2.05) is 13.8 Å². The highest BCUT2D eigenvalue weighted by atomic mass is 16.2. The fraction of sp³-hybridized carbons (Fsp3) is 0.500. The van der Waals surface area contributed by atoms with Crippen molar-refractivity contribution in [1.29, 1.82) is 0 Å². The standard InChI is InChI=1S/C12H19N5O2/c1-8(2)7-15-11(18)5-6-14-10-4-3-9(12(13)19)16-17-10/h3-4,8H,5-7H2,1-2H3,(H2,13,19)(H,14,17)(H,15,18). The Hall–Kier alpha value is -2.18. The van der Waals surface area contributed by atoms with E-state index in [2.05, 4.69) is 20.8 Å². The van der Waals surface area contributed by atoms with Crippen molar-refractivity contribution < 1.29 is 9.59 Å². The van der Waals surface area contributed by atoms with Crippen molar-refractivity contribution in [3.63, 3.8) is 0 Å². The van der Waals surface area contributed by atoms with Crippen LogP contribution in [0.2, 0.25) is 0 Å². The Bertz CT molecular complexity index is 430. The Labute approximate surface area is 112 Å². The van der Waals surface area contributed by atoms with Crippen molar-refractivity contribution >= 4 is 17.6 Å². The number of nitrogens with one attached hydrogen (secondary N) is 2. The SMILES string of the molecule is CC(C)CNC(=O)CCNc1ccc(C(N)=O)nn1. The van der Waals surface area contributed by atoms with Crippen LogP contribution < -0.4 is 16.4 Å². The molecule has 7 heteroatoms. The molecule has 4 N–H and O–H groups in total. The van der Waals surface area contributed by atoms with Crippen LogP contribution in [0.3, 0.4) is 0 Å². The van der Waals surface area contributed by atoms with Gasteiger partial charge in [0.2, 0.25) is 5.91 Å². The summed E-state index contributed by atoms with van der Waals surface area (Å²) >= 11 is 0. The Kier molecular flexibility index (Phi) is 5.72. The van der Waals surface area contributed by atoms with E-state index >= 15 is 0 Å². The van der Waals surface area contributed by atoms with Gasteiger partial charge in [-0.2, -0.15) is 0 Å². The Morgan fingerprint density at radius 3 is 2.58 bits per heavy atom. The zero-order valence-electron chi connectivity index (χ0n) is 11.1. The molecule has 0 aromatic carbocycles. The number of anilines is 1. The minimum absolute atomic E-state index is 0.0112. The van der Waals surface area contributed by atoms with Crippen molar-refractivity contribution in [2.45, 2.75) is 20.3 Å². The Morgan fingerprint density at radius 2 is 2.05 bits per heavy atom. The highest BCUT2D eigenvalue weighted by Crippen LogP contribution is 2.01. The largest absolute Gasteiger partial charge is 0.368 e. The first-order valence-electron chi connectivity index (χ1n) is 6.13. The van der Waals surface area contributed by atoms with Crippen molar-refractivity contribution in [3.8, 4) is 0 Å². The fourth-order valence-corrected chi connectivity index (χ4v) is 1.27. The average Bonchev–Trinajstić information content (AvgIpc) is 2.37. The first-order valence-corrected chi connectivity index (χ1v) is 6.13. The lowest BCUT2D eigenvalue weighted by Crippen LogP contribution is -2.28. The van der Waals surface area contributed by atoms with Crippen LogP contribution in [0, 0.1) is 5.92 Å². The minimum Gasteiger partial charge on any atom is -0.368 e. The number of primary amides is 1. The first kappa shape index (κ1) is 14.9. The van der Waals surface area contributed by atoms with Crippen LogP contribution in [0.5, 0.6) is 0 Å². The molecule has 7 nitrogen and oxygen atoms in total. The van der Waals surface area contributed by atoms with Crippen molar-refractivity contribution in [3.05, 3.63) is 17.8 Å². The van der Waals surface area contributed by atoms with Gasteiger partial charge in [-0.25, -0.2) is 0 Å². The van der Waals surface area contributed by atoms with Gasteiger partial charge >= 0.3 is 0 Å². The summed E-state index contributed by atoms with van der Waals surface area (Å²) in [6.07, 6.45) is 0.353. The second-order valence-electron chi connectivity index (χ2n) is 4.54. The summed E-state index contributed by atoms with van der Waals surface area (Å²) in [7, 11) is 0. The van der Waals surface area contributed by atoms with Crippen LogP contribution in [0.1, 0.15) is 30.8 Å². The zero-order valence-corrected chi connectivity index (χ0v) is 11.1. The molecule has 1 aromatic rings. The number of nitrogens with two attached hydrogens (primary N) is 1. The van der Waals surface area contributed by atoms with Crippen molar-refractivity contribution in [2.24, 2.45) is 11.7 Å². The van der Waals surface area contributed by atoms with Crippen LogP contribution in [0.4, 0.5) is 5.82 Å². The molecule has 1 rings (SSSR count). The molecule has 0 bridgehead atoms. The smallest absolute Gasteiger partial charge is 0.269 e. The van der Waals surface area contributed by atoms with Crippen molar-refractivity contribution in [1.82, 2.24) is 15.5 Å². The number of carbonyl (C=O) groups is 2. The lowest BCUT2D eigenvalue weighted by molar-refractivity contribution is -0.120. The number of carbonyl (C=O) groups excluding carboxylic acids is 2. The summed E-state index contributed by atoms with van der Waals surface area (Å²) in [6.45, 7) is 5.20. The molecule has 0 aliphatic heterocycles. The van der Waals surface area contributed by atoms with Gasteiger partial charge in [0.05, 0.1) is 0 Å². The minimum atomic E-state index is -0.618. The highest BCUT2D eigenvalue weighted by molar-refractivity contribution is 5.90. The molecule has 2 amide bonds. The highest BCUT2D eigenvalue weighted by Gasteiger charge is 2.04. The molecule has 0 aliphatic rings. The Morgan fingerprint density at radius 1 is 1.32 bits per heavy atom. The second kappa shape index (κ2) is 7.30. The molecule has 0 atom stereocenters. The molecule has 0 radical (unpaired) electrons. The maximum Gasteiger partial charge on any atom is 0.269 e. The molecule has 1 aromatic heterocycles. The quantitative estimate of drug-likeness (QED) is 0.650. The molecule has 0 saturated heterocycles. The van der Waals surface area contributed by atoms with Gasteiger partial charge in [-0.3, -0.25) is 9.59 Å². The van der Waals surface area contributed by atoms with E-state index in [0.717, 1.165) is 0 Å². The van der Waals surface area contributed by atoms with E-state index in [0.29, 0.717) is 31.2 Å². The molecule has 1 heterocycles. The van der Waals surface area contributed by atoms with E-state index in [4.69, 9.17) is 5.73 Å². The number of amides is 2. The molecule has 0 saturated carbocycles. The van der Waals surface area contributed by atoms with Gasteiger partial charge in [0, 0.05) is 19.5 Å². The number of nitrogens with zero attached hydrogens (tertiary/aromatic N) is 2. The number of hydrogen-bond donors (Lipinski definition) is 3. The molecule has 0 fully saturated rings. The van der Waals surface area contributed by atoms with E-state index in [1.165, 1.54) is 6.07 Å². The first-order chi connectivity index (χ1) is 8.99. The molecule has 0 unspecified atom stereocenters. The molecule has 0 aliphatic carbocycles. The summed E-state index contributed by atoms with van der Waals surface area (Å²) in [5.74, 6) is 0.306. The van der Waals surface area contributed by atoms with E-state index in [1.54, 1.807) is 6.07 Å². The second-order valence-corrected chi connectivity index (χ2v) is 4.54. The third-order valence-corrected chi connectivity index (χ3v) is 2.28. The van der Waals surface area contributed by atoms with E-state index < -0.39 is 5.91 Å². The topological polar surface area (TPSA) is 110 Å². The normalized spacial score (nSPS) is 10.3. The van der Waals surface area contributed by atoms with Crippen LogP contribution in [-0.4, -0.2) is 35.1 Å². The van der Waals surface area contributed by atoms with Crippen LogP contribution >= 0.6 is 0 Å². The summed E-state index contributed by atoms with van der Waals surface area (Å²) in [4.78, 5) is 22.2. The summed E-state index contributed by atoms with van der Waals surface area (Å²) in [6, 6.07) is 3.08. The lowest BCUT2D eigenvalue weighted by Gasteiger charge is -2.08. The number of aromatic nitrogens is 2. The third-order valence-electron chi connectivity index (χ3n) is 2.28. The zero-order chi connectivity index (χ0) is 14.3. The van der Waals surface area contributed by atoms with Gasteiger partial charge in [0.1, 0.15) is 5.82 Å². The molecular formula is C12H19N5O2. The molecular weight excluding hydrogens is 246 g/mol. The van der Waals surface area contributed by atoms with Gasteiger partial charge in [-0.1, -0.05) is 13.8 Å². The predicted molar refractivity (Wildman–Crippen MR) is 71.5 cm³/mol. The third kappa shape index (κ3) is 5.80. The van der Waals surface area contributed by atoms with Gasteiger partial charge in [0.15, 0.2) is 5.69 Å². The van der Waals surface area contributed by atoms with Crippen LogP contribution in [-0.2, 0) is 4.79 Å². The summed E-state index contributed by atoms with van der Waals surface area (Å²) in [5.41, 5.74) is 5.16. The molecule has 0 spiro atoms. The van der Waals surface area contributed by atoms with Gasteiger partial charge in [0.25, 0.3) is 5.91 Å². The maximum absolute atomic E-state index is 11.4. The lowest BCUT2D eigenvalue weighted by atomic mass is 10.2. The molecule has 19 heavy (non-hydrogen) atoms. The van der Waals surface area contributed by atoms with Crippen molar-refractivity contribution in [2.75, 3.05) is 18.4 Å². The summed E-state index contributed by atoms with van der Waals surface area (Å²) < 4.78 is 0. The molecule has 104 valence electrons. The predicted octanol–water partition coefficient (Wildman–Crippen LogP) is 0.150. The monoisotopic (exact) mass is 265 g/mol. The Balaban J connectivity index is 2.29. The van der Waals surface area contributed by atoms with E-state index in [-0.39, 0.29) is 11.6 Å². The fourth-order valence-electron chi connectivity index (χ4n) is 1.27.